The highest BCUT2D eigenvalue weighted by Crippen LogP contribution is 2.25. The average Bonchev–Trinajstić information content (AvgIpc) is 3.00. The highest BCUT2D eigenvalue weighted by atomic mass is 16.2. The van der Waals surface area contributed by atoms with Gasteiger partial charge in [-0.25, -0.2) is 0 Å². The lowest BCUT2D eigenvalue weighted by Crippen LogP contribution is -2.34. The maximum Gasteiger partial charge on any atom is 0.223 e. The molecule has 1 aromatic rings. The number of carbonyl (C=O) groups is 2. The molecule has 130 valence electrons. The van der Waals surface area contributed by atoms with Crippen molar-refractivity contribution < 1.29 is 9.59 Å². The molecule has 0 saturated carbocycles. The molecule has 0 bridgehead atoms. The third-order valence-electron chi connectivity index (χ3n) is 5.55. The van der Waals surface area contributed by atoms with Crippen LogP contribution < -0.4 is 5.73 Å². The van der Waals surface area contributed by atoms with E-state index in [0.717, 1.165) is 31.4 Å². The maximum atomic E-state index is 12.5. The van der Waals surface area contributed by atoms with Crippen molar-refractivity contribution in [2.24, 2.45) is 11.7 Å². The highest BCUT2D eigenvalue weighted by molar-refractivity contribution is 5.98. The molecule has 0 radical (unpaired) electrons. The summed E-state index contributed by atoms with van der Waals surface area (Å²) in [6.45, 7) is 3.44. The van der Waals surface area contributed by atoms with Crippen molar-refractivity contribution in [2.75, 3.05) is 13.1 Å². The Morgan fingerprint density at radius 1 is 1.17 bits per heavy atom. The van der Waals surface area contributed by atoms with E-state index in [2.05, 4.69) is 13.0 Å². The van der Waals surface area contributed by atoms with E-state index in [9.17, 15) is 9.59 Å². The molecule has 1 fully saturated rings. The number of Topliss-reactive ketones (excluding diaryl/α,β-unsaturated/α-hetero) is 1. The number of likely N-dealkylation sites (tertiary alicyclic amines) is 1. The molecule has 2 unspecified atom stereocenters. The van der Waals surface area contributed by atoms with Gasteiger partial charge in [-0.05, 0) is 68.7 Å². The molecule has 1 amide bonds. The normalized spacial score (nSPS) is 23.2. The van der Waals surface area contributed by atoms with Crippen molar-refractivity contribution >= 4 is 11.7 Å². The number of carbonyl (C=O) groups excluding carboxylic acids is 2. The van der Waals surface area contributed by atoms with Crippen LogP contribution in [0.3, 0.4) is 0 Å². The third-order valence-corrected chi connectivity index (χ3v) is 5.55. The van der Waals surface area contributed by atoms with E-state index in [0.29, 0.717) is 25.3 Å². The fourth-order valence-corrected chi connectivity index (χ4v) is 4.08. The Hall–Kier alpha value is -1.68. The summed E-state index contributed by atoms with van der Waals surface area (Å²) in [6.07, 6.45) is 6.22. The Bertz CT molecular complexity index is 626. The maximum absolute atomic E-state index is 12.5. The molecule has 0 spiro atoms. The van der Waals surface area contributed by atoms with Crippen LogP contribution in [0.25, 0.3) is 0 Å². The molecule has 4 heteroatoms. The average molecular weight is 328 g/mol. The minimum absolute atomic E-state index is 0.0824. The zero-order valence-electron chi connectivity index (χ0n) is 14.6. The van der Waals surface area contributed by atoms with Crippen LogP contribution in [0.4, 0.5) is 0 Å². The molecule has 1 aliphatic heterocycles. The third kappa shape index (κ3) is 3.69. The van der Waals surface area contributed by atoms with Crippen LogP contribution in [0.15, 0.2) is 18.2 Å². The first-order valence-electron chi connectivity index (χ1n) is 9.23. The first kappa shape index (κ1) is 17.2. The number of nitrogens with two attached hydrogens (primary N) is 1. The van der Waals surface area contributed by atoms with Crippen LogP contribution in [-0.2, 0) is 17.6 Å². The van der Waals surface area contributed by atoms with Crippen molar-refractivity contribution in [1.82, 2.24) is 4.90 Å². The van der Waals surface area contributed by atoms with Gasteiger partial charge in [0.2, 0.25) is 5.91 Å². The minimum atomic E-state index is 0.0824. The van der Waals surface area contributed by atoms with Gasteiger partial charge in [0, 0.05) is 31.0 Å². The largest absolute Gasteiger partial charge is 0.340 e. The number of rotatable bonds is 5. The monoisotopic (exact) mass is 328 g/mol. The van der Waals surface area contributed by atoms with E-state index in [1.54, 1.807) is 0 Å². The second-order valence-corrected chi connectivity index (χ2v) is 7.35. The number of ketones is 1. The second kappa shape index (κ2) is 7.47. The summed E-state index contributed by atoms with van der Waals surface area (Å²) in [7, 11) is 0. The van der Waals surface area contributed by atoms with Gasteiger partial charge in [0.05, 0.1) is 0 Å². The van der Waals surface area contributed by atoms with Gasteiger partial charge in [0.1, 0.15) is 0 Å². The number of amides is 1. The molecule has 1 heterocycles. The Kier molecular flexibility index (Phi) is 5.34. The first-order valence-corrected chi connectivity index (χ1v) is 9.23. The summed E-state index contributed by atoms with van der Waals surface area (Å²) in [5, 5.41) is 0. The van der Waals surface area contributed by atoms with Crippen molar-refractivity contribution in [3.05, 3.63) is 34.9 Å². The predicted molar refractivity (Wildman–Crippen MR) is 95.0 cm³/mol. The van der Waals surface area contributed by atoms with E-state index in [1.165, 1.54) is 24.0 Å². The van der Waals surface area contributed by atoms with Gasteiger partial charge in [0.25, 0.3) is 0 Å². The van der Waals surface area contributed by atoms with Gasteiger partial charge in [-0.2, -0.15) is 0 Å². The zero-order chi connectivity index (χ0) is 17.1. The number of hydrogen-bond acceptors (Lipinski definition) is 3. The Morgan fingerprint density at radius 3 is 2.62 bits per heavy atom. The lowest BCUT2D eigenvalue weighted by Gasteiger charge is -2.21. The predicted octanol–water partition coefficient (Wildman–Crippen LogP) is 2.72. The minimum Gasteiger partial charge on any atom is -0.340 e. The van der Waals surface area contributed by atoms with Crippen molar-refractivity contribution in [3.63, 3.8) is 0 Å². The summed E-state index contributed by atoms with van der Waals surface area (Å²) < 4.78 is 0. The highest BCUT2D eigenvalue weighted by Gasteiger charge is 2.31. The van der Waals surface area contributed by atoms with Gasteiger partial charge in [-0.15, -0.1) is 0 Å². The molecule has 2 N–H and O–H groups in total. The lowest BCUT2D eigenvalue weighted by molar-refractivity contribution is -0.131. The molecule has 1 aromatic carbocycles. The van der Waals surface area contributed by atoms with Crippen LogP contribution in [0.5, 0.6) is 0 Å². The first-order chi connectivity index (χ1) is 11.6. The molecular formula is C20H28N2O2. The quantitative estimate of drug-likeness (QED) is 0.845. The number of hydrogen-bond donors (Lipinski definition) is 1. The second-order valence-electron chi connectivity index (χ2n) is 7.35. The molecule has 1 aliphatic carbocycles. The van der Waals surface area contributed by atoms with Gasteiger partial charge in [-0.1, -0.05) is 12.1 Å². The van der Waals surface area contributed by atoms with Crippen LogP contribution >= 0.6 is 0 Å². The summed E-state index contributed by atoms with van der Waals surface area (Å²) in [4.78, 5) is 26.8. The molecule has 24 heavy (non-hydrogen) atoms. The Balaban J connectivity index is 1.56. The SMILES string of the molecule is CC1CC(CN)CN1C(=O)CCC(=O)c1ccc2c(c1)CCCC2. The summed E-state index contributed by atoms with van der Waals surface area (Å²) >= 11 is 0. The molecule has 2 atom stereocenters. The van der Waals surface area contributed by atoms with Crippen molar-refractivity contribution in [1.29, 1.82) is 0 Å². The van der Waals surface area contributed by atoms with E-state index in [4.69, 9.17) is 5.73 Å². The van der Waals surface area contributed by atoms with Crippen molar-refractivity contribution in [3.8, 4) is 0 Å². The number of benzene rings is 1. The fraction of sp³-hybridized carbons (Fsp3) is 0.600. The molecule has 4 nitrogen and oxygen atoms in total. The van der Waals surface area contributed by atoms with E-state index in [-0.39, 0.29) is 17.7 Å². The van der Waals surface area contributed by atoms with Crippen LogP contribution in [-0.4, -0.2) is 35.7 Å². The Morgan fingerprint density at radius 2 is 1.92 bits per heavy atom. The molecular weight excluding hydrogens is 300 g/mol. The summed E-state index contributed by atoms with van der Waals surface area (Å²) in [6, 6.07) is 6.31. The molecule has 1 saturated heterocycles. The topological polar surface area (TPSA) is 63.4 Å². The zero-order valence-corrected chi connectivity index (χ0v) is 14.6. The number of nitrogens with zero attached hydrogens (tertiary/aromatic N) is 1. The fourth-order valence-electron chi connectivity index (χ4n) is 4.08. The lowest BCUT2D eigenvalue weighted by atomic mass is 9.89. The van der Waals surface area contributed by atoms with E-state index < -0.39 is 0 Å². The molecule has 0 aromatic heterocycles. The number of aryl methyl sites for hydroxylation is 2. The van der Waals surface area contributed by atoms with Crippen molar-refractivity contribution in [2.45, 2.75) is 57.9 Å². The smallest absolute Gasteiger partial charge is 0.223 e. The van der Waals surface area contributed by atoms with Crippen LogP contribution in [0.1, 0.15) is 60.5 Å². The van der Waals surface area contributed by atoms with Crippen LogP contribution in [0.2, 0.25) is 0 Å². The summed E-state index contributed by atoms with van der Waals surface area (Å²) in [5.74, 6) is 0.573. The van der Waals surface area contributed by atoms with Crippen LogP contribution in [0, 0.1) is 5.92 Å². The van der Waals surface area contributed by atoms with Gasteiger partial charge < -0.3 is 10.6 Å². The van der Waals surface area contributed by atoms with Gasteiger partial charge in [0.15, 0.2) is 5.78 Å². The Labute approximate surface area is 144 Å². The standard InChI is InChI=1S/C20H28N2O2/c1-14-10-15(12-21)13-22(14)20(24)9-8-19(23)18-7-6-16-4-2-3-5-17(16)11-18/h6-7,11,14-15H,2-5,8-10,12-13,21H2,1H3. The van der Waals surface area contributed by atoms with E-state index in [1.807, 2.05) is 17.0 Å². The summed E-state index contributed by atoms with van der Waals surface area (Å²) in [5.41, 5.74) is 9.18. The van der Waals surface area contributed by atoms with Gasteiger partial charge in [-0.3, -0.25) is 9.59 Å². The van der Waals surface area contributed by atoms with E-state index >= 15 is 0 Å². The molecule has 3 rings (SSSR count). The number of fused-ring (bicyclic) bond motifs is 1. The van der Waals surface area contributed by atoms with Gasteiger partial charge >= 0.3 is 0 Å². The molecule has 2 aliphatic rings.